The lowest BCUT2D eigenvalue weighted by molar-refractivity contribution is 0.0698. The molecule has 2 N–H and O–H groups in total. The minimum atomic E-state index is -0.987. The Morgan fingerprint density at radius 2 is 2.17 bits per heavy atom. The number of hydrogen-bond donors (Lipinski definition) is 2. The standard InChI is InChI=1S/C14H18N2O2/c1-10-8-12(11(2)18-10)14(3,17)9-16-13-6-4-5-7-15-13/h4-8,17H,9H2,1-3H3,(H,15,16)/t14-/m1/s1. The van der Waals surface area contributed by atoms with Crippen molar-refractivity contribution in [2.75, 3.05) is 11.9 Å². The van der Waals surface area contributed by atoms with Crippen LogP contribution in [0.5, 0.6) is 0 Å². The van der Waals surface area contributed by atoms with Gasteiger partial charge in [-0.3, -0.25) is 0 Å². The van der Waals surface area contributed by atoms with Gasteiger partial charge in [-0.05, 0) is 39.0 Å². The lowest BCUT2D eigenvalue weighted by Gasteiger charge is -2.23. The molecule has 2 rings (SSSR count). The highest BCUT2D eigenvalue weighted by Crippen LogP contribution is 2.27. The Hall–Kier alpha value is -1.81. The van der Waals surface area contributed by atoms with Gasteiger partial charge in [0.05, 0.1) is 0 Å². The van der Waals surface area contributed by atoms with E-state index in [-0.39, 0.29) is 0 Å². The van der Waals surface area contributed by atoms with Crippen molar-refractivity contribution in [1.82, 2.24) is 4.98 Å². The molecule has 0 radical (unpaired) electrons. The summed E-state index contributed by atoms with van der Waals surface area (Å²) in [4.78, 5) is 4.16. The van der Waals surface area contributed by atoms with Gasteiger partial charge in [0.25, 0.3) is 0 Å². The van der Waals surface area contributed by atoms with E-state index in [2.05, 4.69) is 10.3 Å². The zero-order valence-electron chi connectivity index (χ0n) is 10.9. The summed E-state index contributed by atoms with van der Waals surface area (Å²) in [6, 6.07) is 7.49. The molecule has 4 nitrogen and oxygen atoms in total. The first-order chi connectivity index (χ1) is 8.49. The minimum absolute atomic E-state index is 0.379. The highest BCUT2D eigenvalue weighted by atomic mass is 16.3. The predicted molar refractivity (Wildman–Crippen MR) is 70.5 cm³/mol. The van der Waals surface area contributed by atoms with Gasteiger partial charge in [0.1, 0.15) is 22.9 Å². The second-order valence-corrected chi connectivity index (χ2v) is 4.67. The van der Waals surface area contributed by atoms with Crippen molar-refractivity contribution >= 4 is 5.82 Å². The number of nitrogens with one attached hydrogen (secondary N) is 1. The fourth-order valence-corrected chi connectivity index (χ4v) is 1.99. The Balaban J connectivity index is 2.10. The van der Waals surface area contributed by atoms with Gasteiger partial charge in [0.2, 0.25) is 0 Å². The van der Waals surface area contributed by atoms with Gasteiger partial charge in [0, 0.05) is 18.3 Å². The molecule has 18 heavy (non-hydrogen) atoms. The van der Waals surface area contributed by atoms with Crippen molar-refractivity contribution in [3.8, 4) is 0 Å². The van der Waals surface area contributed by atoms with E-state index in [9.17, 15) is 5.11 Å². The molecule has 2 aromatic rings. The van der Waals surface area contributed by atoms with Crippen LogP contribution < -0.4 is 5.32 Å². The smallest absolute Gasteiger partial charge is 0.125 e. The quantitative estimate of drug-likeness (QED) is 0.870. The first-order valence-electron chi connectivity index (χ1n) is 5.94. The first kappa shape index (κ1) is 12.6. The molecule has 0 unspecified atom stereocenters. The molecule has 2 heterocycles. The number of furan rings is 1. The van der Waals surface area contributed by atoms with Crippen LogP contribution in [0.4, 0.5) is 5.82 Å². The monoisotopic (exact) mass is 246 g/mol. The summed E-state index contributed by atoms with van der Waals surface area (Å²) >= 11 is 0. The Morgan fingerprint density at radius 3 is 2.72 bits per heavy atom. The molecule has 2 aromatic heterocycles. The predicted octanol–water partition coefficient (Wildman–Crippen LogP) is 2.61. The van der Waals surface area contributed by atoms with E-state index < -0.39 is 5.60 Å². The Bertz CT molecular complexity index is 518. The molecule has 0 amide bonds. The summed E-state index contributed by atoms with van der Waals surface area (Å²) in [5.41, 5.74) is -0.178. The van der Waals surface area contributed by atoms with Gasteiger partial charge in [-0.15, -0.1) is 0 Å². The highest BCUT2D eigenvalue weighted by molar-refractivity contribution is 5.36. The molecule has 0 saturated carbocycles. The molecule has 0 aliphatic rings. The third-order valence-corrected chi connectivity index (χ3v) is 2.90. The third kappa shape index (κ3) is 2.71. The summed E-state index contributed by atoms with van der Waals surface area (Å²) in [6.45, 7) is 5.88. The number of aryl methyl sites for hydroxylation is 2. The average molecular weight is 246 g/mol. The number of rotatable bonds is 4. The largest absolute Gasteiger partial charge is 0.466 e. The van der Waals surface area contributed by atoms with Gasteiger partial charge in [-0.1, -0.05) is 6.07 Å². The Labute approximate surface area is 107 Å². The SMILES string of the molecule is Cc1cc([C@](C)(O)CNc2ccccn2)c(C)o1. The van der Waals surface area contributed by atoms with Gasteiger partial charge in [-0.25, -0.2) is 4.98 Å². The summed E-state index contributed by atoms with van der Waals surface area (Å²) in [5.74, 6) is 2.30. The first-order valence-corrected chi connectivity index (χ1v) is 5.94. The fourth-order valence-electron chi connectivity index (χ4n) is 1.99. The Kier molecular flexibility index (Phi) is 3.39. The minimum Gasteiger partial charge on any atom is -0.466 e. The van der Waals surface area contributed by atoms with Crippen molar-refractivity contribution in [2.24, 2.45) is 0 Å². The molecular formula is C14H18N2O2. The number of aliphatic hydroxyl groups is 1. The van der Waals surface area contributed by atoms with Crippen LogP contribution >= 0.6 is 0 Å². The Morgan fingerprint density at radius 1 is 1.39 bits per heavy atom. The molecule has 0 bridgehead atoms. The summed E-state index contributed by atoms with van der Waals surface area (Å²) < 4.78 is 5.45. The molecule has 0 spiro atoms. The van der Waals surface area contributed by atoms with Crippen LogP contribution in [0.15, 0.2) is 34.9 Å². The molecule has 0 aliphatic carbocycles. The fraction of sp³-hybridized carbons (Fsp3) is 0.357. The third-order valence-electron chi connectivity index (χ3n) is 2.90. The lowest BCUT2D eigenvalue weighted by Crippen LogP contribution is -2.31. The van der Waals surface area contributed by atoms with E-state index in [0.29, 0.717) is 6.54 Å². The van der Waals surface area contributed by atoms with Gasteiger partial charge < -0.3 is 14.8 Å². The van der Waals surface area contributed by atoms with Crippen molar-refractivity contribution in [3.63, 3.8) is 0 Å². The number of anilines is 1. The number of aromatic nitrogens is 1. The zero-order valence-corrected chi connectivity index (χ0v) is 10.9. The van der Waals surface area contributed by atoms with Gasteiger partial charge in [0.15, 0.2) is 0 Å². The molecule has 1 atom stereocenters. The topological polar surface area (TPSA) is 58.3 Å². The van der Waals surface area contributed by atoms with Gasteiger partial charge >= 0.3 is 0 Å². The second kappa shape index (κ2) is 4.82. The molecular weight excluding hydrogens is 228 g/mol. The summed E-state index contributed by atoms with van der Waals surface area (Å²) in [7, 11) is 0. The molecule has 96 valence electrons. The van der Waals surface area contributed by atoms with E-state index in [1.165, 1.54) is 0 Å². The van der Waals surface area contributed by atoms with Crippen LogP contribution in [0.1, 0.15) is 24.0 Å². The van der Waals surface area contributed by atoms with E-state index in [4.69, 9.17) is 4.42 Å². The van der Waals surface area contributed by atoms with Crippen LogP contribution in [0.3, 0.4) is 0 Å². The zero-order chi connectivity index (χ0) is 13.2. The molecule has 4 heteroatoms. The average Bonchev–Trinajstić information content (AvgIpc) is 2.68. The van der Waals surface area contributed by atoms with E-state index in [0.717, 1.165) is 22.9 Å². The number of nitrogens with zero attached hydrogens (tertiary/aromatic N) is 1. The van der Waals surface area contributed by atoms with Crippen molar-refractivity contribution in [2.45, 2.75) is 26.4 Å². The van der Waals surface area contributed by atoms with Crippen molar-refractivity contribution in [3.05, 3.63) is 47.5 Å². The highest BCUT2D eigenvalue weighted by Gasteiger charge is 2.27. The van der Waals surface area contributed by atoms with Crippen LogP contribution in [0.25, 0.3) is 0 Å². The molecule has 0 fully saturated rings. The maximum Gasteiger partial charge on any atom is 0.125 e. The van der Waals surface area contributed by atoms with Crippen LogP contribution in [0, 0.1) is 13.8 Å². The van der Waals surface area contributed by atoms with Crippen LogP contribution in [-0.4, -0.2) is 16.6 Å². The molecule has 0 saturated heterocycles. The molecule has 0 aromatic carbocycles. The maximum absolute atomic E-state index is 10.5. The van der Waals surface area contributed by atoms with Crippen molar-refractivity contribution < 1.29 is 9.52 Å². The van der Waals surface area contributed by atoms with Crippen LogP contribution in [-0.2, 0) is 5.60 Å². The normalized spacial score (nSPS) is 14.2. The number of hydrogen-bond acceptors (Lipinski definition) is 4. The van der Waals surface area contributed by atoms with E-state index in [1.807, 2.05) is 38.1 Å². The summed E-state index contributed by atoms with van der Waals surface area (Å²) in [5, 5.41) is 13.6. The lowest BCUT2D eigenvalue weighted by atomic mass is 9.96. The van der Waals surface area contributed by atoms with Crippen LogP contribution in [0.2, 0.25) is 0 Å². The van der Waals surface area contributed by atoms with Gasteiger partial charge in [-0.2, -0.15) is 0 Å². The second-order valence-electron chi connectivity index (χ2n) is 4.67. The summed E-state index contributed by atoms with van der Waals surface area (Å²) in [6.07, 6.45) is 1.71. The van der Waals surface area contributed by atoms with Crippen molar-refractivity contribution in [1.29, 1.82) is 0 Å². The van der Waals surface area contributed by atoms with E-state index >= 15 is 0 Å². The number of pyridine rings is 1. The molecule has 0 aliphatic heterocycles. The van der Waals surface area contributed by atoms with E-state index in [1.54, 1.807) is 13.1 Å². The maximum atomic E-state index is 10.5.